The van der Waals surface area contributed by atoms with Gasteiger partial charge in [-0.2, -0.15) is 0 Å². The quantitative estimate of drug-likeness (QED) is 0.746. The molecule has 1 saturated carbocycles. The molecule has 0 radical (unpaired) electrons. The first-order valence-electron chi connectivity index (χ1n) is 7.14. The molecule has 1 saturated heterocycles. The largest absolute Gasteiger partial charge is 0.341 e. The standard InChI is InChI=1S/C15H24N2O/c1-4-12(10(2)3)17-15(18)14-9-11-7-5-6-8-13(11)16-14/h1,10-14,16H,5-9H2,2-3H3,(H,17,18). The van der Waals surface area contributed by atoms with E-state index in [0.29, 0.717) is 12.0 Å². The third-order valence-electron chi connectivity index (χ3n) is 4.32. The molecule has 100 valence electrons. The molecule has 0 aromatic carbocycles. The van der Waals surface area contributed by atoms with Crippen LogP contribution in [0.3, 0.4) is 0 Å². The van der Waals surface area contributed by atoms with Gasteiger partial charge in [-0.25, -0.2) is 0 Å². The summed E-state index contributed by atoms with van der Waals surface area (Å²) in [4.78, 5) is 12.2. The number of amides is 1. The van der Waals surface area contributed by atoms with Crippen molar-refractivity contribution < 1.29 is 4.79 Å². The molecular weight excluding hydrogens is 224 g/mol. The van der Waals surface area contributed by atoms with E-state index >= 15 is 0 Å². The van der Waals surface area contributed by atoms with Crippen LogP contribution in [0.2, 0.25) is 0 Å². The van der Waals surface area contributed by atoms with Gasteiger partial charge in [-0.1, -0.05) is 32.6 Å². The van der Waals surface area contributed by atoms with Gasteiger partial charge in [-0.15, -0.1) is 6.42 Å². The van der Waals surface area contributed by atoms with Gasteiger partial charge in [0.2, 0.25) is 5.91 Å². The van der Waals surface area contributed by atoms with Crippen molar-refractivity contribution in [3.8, 4) is 12.3 Å². The van der Waals surface area contributed by atoms with Gasteiger partial charge < -0.3 is 10.6 Å². The Morgan fingerprint density at radius 2 is 2.11 bits per heavy atom. The van der Waals surface area contributed by atoms with Crippen LogP contribution in [0.1, 0.15) is 46.0 Å². The molecule has 3 nitrogen and oxygen atoms in total. The van der Waals surface area contributed by atoms with E-state index < -0.39 is 0 Å². The van der Waals surface area contributed by atoms with Crippen LogP contribution in [0, 0.1) is 24.2 Å². The Morgan fingerprint density at radius 1 is 1.39 bits per heavy atom. The number of carbonyl (C=O) groups is 1. The zero-order chi connectivity index (χ0) is 13.1. The van der Waals surface area contributed by atoms with Crippen molar-refractivity contribution in [2.75, 3.05) is 0 Å². The summed E-state index contributed by atoms with van der Waals surface area (Å²) in [5.41, 5.74) is 0. The van der Waals surface area contributed by atoms with Crippen molar-refractivity contribution in [1.29, 1.82) is 0 Å². The van der Waals surface area contributed by atoms with Gasteiger partial charge in [0.15, 0.2) is 0 Å². The first kappa shape index (κ1) is 13.4. The third kappa shape index (κ3) is 2.87. The summed E-state index contributed by atoms with van der Waals surface area (Å²) in [5, 5.41) is 6.46. The van der Waals surface area contributed by atoms with Crippen LogP contribution < -0.4 is 10.6 Å². The van der Waals surface area contributed by atoms with Crippen LogP contribution in [-0.4, -0.2) is 24.0 Å². The van der Waals surface area contributed by atoms with Crippen molar-refractivity contribution in [2.24, 2.45) is 11.8 Å². The minimum Gasteiger partial charge on any atom is -0.341 e. The summed E-state index contributed by atoms with van der Waals surface area (Å²) in [6, 6.07) is 0.368. The number of rotatable bonds is 3. The molecule has 2 fully saturated rings. The number of hydrogen-bond donors (Lipinski definition) is 2. The molecule has 2 aliphatic rings. The summed E-state index contributed by atoms with van der Waals surface area (Å²) in [7, 11) is 0. The highest BCUT2D eigenvalue weighted by atomic mass is 16.2. The Hall–Kier alpha value is -1.01. The van der Waals surface area contributed by atoms with Crippen LogP contribution in [0.15, 0.2) is 0 Å². The lowest BCUT2D eigenvalue weighted by Gasteiger charge is -2.24. The minimum absolute atomic E-state index is 0.0345. The van der Waals surface area contributed by atoms with E-state index in [0.717, 1.165) is 6.42 Å². The highest BCUT2D eigenvalue weighted by Gasteiger charge is 2.38. The van der Waals surface area contributed by atoms with Gasteiger partial charge in [0.05, 0.1) is 12.1 Å². The van der Waals surface area contributed by atoms with Gasteiger partial charge >= 0.3 is 0 Å². The molecule has 4 unspecified atom stereocenters. The van der Waals surface area contributed by atoms with Gasteiger partial charge in [0.1, 0.15) is 0 Å². The van der Waals surface area contributed by atoms with Gasteiger partial charge in [0, 0.05) is 6.04 Å². The van der Waals surface area contributed by atoms with E-state index in [1.54, 1.807) is 0 Å². The Kier molecular flexibility index (Phi) is 4.29. The maximum Gasteiger partial charge on any atom is 0.238 e. The maximum absolute atomic E-state index is 12.2. The van der Waals surface area contributed by atoms with Crippen LogP contribution in [-0.2, 0) is 4.79 Å². The zero-order valence-electron chi connectivity index (χ0n) is 11.4. The lowest BCUT2D eigenvalue weighted by atomic mass is 9.85. The number of fused-ring (bicyclic) bond motifs is 1. The van der Waals surface area contributed by atoms with Crippen molar-refractivity contribution in [3.05, 3.63) is 0 Å². The van der Waals surface area contributed by atoms with Gasteiger partial charge in [-0.05, 0) is 31.1 Å². The second-order valence-electron chi connectivity index (χ2n) is 6.00. The van der Waals surface area contributed by atoms with Crippen molar-refractivity contribution in [2.45, 2.75) is 64.1 Å². The molecule has 3 heteroatoms. The molecule has 0 spiro atoms. The summed E-state index contributed by atoms with van der Waals surface area (Å²) >= 11 is 0. The molecule has 18 heavy (non-hydrogen) atoms. The Morgan fingerprint density at radius 3 is 2.72 bits per heavy atom. The Bertz CT molecular complexity index is 331. The van der Waals surface area contributed by atoms with E-state index in [2.05, 4.69) is 16.6 Å². The summed E-state index contributed by atoms with van der Waals surface area (Å²) in [5.74, 6) is 3.72. The summed E-state index contributed by atoms with van der Waals surface area (Å²) in [6.45, 7) is 4.07. The monoisotopic (exact) mass is 248 g/mol. The van der Waals surface area contributed by atoms with Crippen LogP contribution in [0.5, 0.6) is 0 Å². The number of carbonyl (C=O) groups excluding carboxylic acids is 1. The van der Waals surface area contributed by atoms with E-state index in [1.165, 1.54) is 25.7 Å². The van der Waals surface area contributed by atoms with Crippen molar-refractivity contribution in [3.63, 3.8) is 0 Å². The van der Waals surface area contributed by atoms with Gasteiger partial charge in [0.25, 0.3) is 0 Å². The second-order valence-corrected chi connectivity index (χ2v) is 6.00. The maximum atomic E-state index is 12.2. The summed E-state index contributed by atoms with van der Waals surface area (Å²) < 4.78 is 0. The van der Waals surface area contributed by atoms with E-state index in [1.807, 2.05) is 13.8 Å². The highest BCUT2D eigenvalue weighted by Crippen LogP contribution is 2.33. The number of hydrogen-bond acceptors (Lipinski definition) is 2. The predicted octanol–water partition coefficient (Wildman–Crippen LogP) is 1.68. The molecule has 2 N–H and O–H groups in total. The lowest BCUT2D eigenvalue weighted by molar-refractivity contribution is -0.123. The molecule has 2 rings (SSSR count). The topological polar surface area (TPSA) is 41.1 Å². The predicted molar refractivity (Wildman–Crippen MR) is 72.9 cm³/mol. The smallest absolute Gasteiger partial charge is 0.238 e. The summed E-state index contributed by atoms with van der Waals surface area (Å²) in [6.07, 6.45) is 11.5. The molecule has 1 amide bonds. The van der Waals surface area contributed by atoms with Crippen molar-refractivity contribution in [1.82, 2.24) is 10.6 Å². The second kappa shape index (κ2) is 5.75. The lowest BCUT2D eigenvalue weighted by Crippen LogP contribution is -2.47. The third-order valence-corrected chi connectivity index (χ3v) is 4.32. The molecule has 1 aliphatic carbocycles. The normalized spacial score (nSPS) is 32.7. The average Bonchev–Trinajstić information content (AvgIpc) is 2.79. The Balaban J connectivity index is 1.89. The molecule has 1 heterocycles. The number of nitrogens with one attached hydrogen (secondary N) is 2. The van der Waals surface area contributed by atoms with Gasteiger partial charge in [-0.3, -0.25) is 4.79 Å². The van der Waals surface area contributed by atoms with E-state index in [-0.39, 0.29) is 23.9 Å². The first-order chi connectivity index (χ1) is 8.61. The molecule has 0 aromatic rings. The molecule has 4 atom stereocenters. The van der Waals surface area contributed by atoms with E-state index in [9.17, 15) is 4.79 Å². The first-order valence-corrected chi connectivity index (χ1v) is 7.14. The fraction of sp³-hybridized carbons (Fsp3) is 0.800. The minimum atomic E-state index is -0.151. The zero-order valence-corrected chi connectivity index (χ0v) is 11.4. The Labute approximate surface area is 110 Å². The SMILES string of the molecule is C#CC(NC(=O)C1CC2CCCCC2N1)C(C)C. The molecular formula is C15H24N2O. The van der Waals surface area contributed by atoms with Crippen LogP contribution >= 0.6 is 0 Å². The van der Waals surface area contributed by atoms with Crippen LogP contribution in [0.4, 0.5) is 0 Å². The van der Waals surface area contributed by atoms with E-state index in [4.69, 9.17) is 6.42 Å². The van der Waals surface area contributed by atoms with Crippen LogP contribution in [0.25, 0.3) is 0 Å². The van der Waals surface area contributed by atoms with Crippen molar-refractivity contribution >= 4 is 5.91 Å². The fourth-order valence-electron chi connectivity index (χ4n) is 3.18. The fourth-order valence-corrected chi connectivity index (χ4v) is 3.18. The molecule has 1 aliphatic heterocycles. The highest BCUT2D eigenvalue weighted by molar-refractivity contribution is 5.82. The average molecular weight is 248 g/mol. The molecule has 0 aromatic heterocycles. The number of terminal acetylenes is 1. The molecule has 0 bridgehead atoms.